The van der Waals surface area contributed by atoms with Gasteiger partial charge < -0.3 is 9.13 Å². The normalized spacial score (nSPS) is 12.3. The quantitative estimate of drug-likeness (QED) is 0.126. The fourth-order valence-electron chi connectivity index (χ4n) is 8.14. The lowest BCUT2D eigenvalue weighted by atomic mass is 9.91. The lowest BCUT2D eigenvalue weighted by Crippen LogP contribution is -2.08. The molecule has 0 spiro atoms. The van der Waals surface area contributed by atoms with Gasteiger partial charge in [-0.25, -0.2) is 4.85 Å². The van der Waals surface area contributed by atoms with Gasteiger partial charge in [-0.15, -0.1) is 0 Å². The number of nitrogens with zero attached hydrogens (tertiary/aromatic N) is 3. The van der Waals surface area contributed by atoms with Gasteiger partial charge in [-0.3, -0.25) is 0 Å². The molecule has 0 bridgehead atoms. The molecular weight excluding hydrogens is 721 g/mol. The Kier molecular flexibility index (Phi) is 7.89. The van der Waals surface area contributed by atoms with E-state index in [1.807, 2.05) is 66.1 Å². The third-order valence-electron chi connectivity index (χ3n) is 10.6. The molecule has 0 radical (unpaired) electrons. The summed E-state index contributed by atoms with van der Waals surface area (Å²) < 4.78 is 89.4. The number of aromatic nitrogens is 2. The fraction of sp³-hybridized carbons (Fsp3) is 0.0851. The van der Waals surface area contributed by atoms with Crippen LogP contribution in [0.1, 0.15) is 22.3 Å². The van der Waals surface area contributed by atoms with E-state index < -0.39 is 23.5 Å². The molecule has 9 heteroatoms. The van der Waals surface area contributed by atoms with Crippen molar-refractivity contribution in [3.05, 3.63) is 173 Å². The Morgan fingerprint density at radius 3 is 1.86 bits per heavy atom. The molecule has 0 amide bonds. The molecule has 9 rings (SSSR count). The van der Waals surface area contributed by atoms with Gasteiger partial charge in [-0.1, -0.05) is 72.3 Å². The van der Waals surface area contributed by atoms with Crippen molar-refractivity contribution < 1.29 is 26.3 Å². The van der Waals surface area contributed by atoms with E-state index in [-0.39, 0.29) is 11.3 Å². The van der Waals surface area contributed by atoms with E-state index in [1.54, 1.807) is 55.5 Å². The number of hydrogen-bond donors (Lipinski definition) is 0. The van der Waals surface area contributed by atoms with Gasteiger partial charge in [-0.2, -0.15) is 26.3 Å². The maximum Gasteiger partial charge on any atom is 0.417 e. The van der Waals surface area contributed by atoms with Crippen LogP contribution in [0.3, 0.4) is 0 Å². The van der Waals surface area contributed by atoms with Crippen LogP contribution in [0.5, 0.6) is 0 Å². The molecule has 0 N–H and O–H groups in total. The number of rotatable bonds is 4. The molecular formula is C47H29F6N3. The van der Waals surface area contributed by atoms with Gasteiger partial charge in [0, 0.05) is 27.2 Å². The van der Waals surface area contributed by atoms with Crippen molar-refractivity contribution in [2.45, 2.75) is 26.2 Å². The van der Waals surface area contributed by atoms with Crippen LogP contribution < -0.4 is 0 Å². The second-order valence-corrected chi connectivity index (χ2v) is 14.0. The van der Waals surface area contributed by atoms with Gasteiger partial charge >= 0.3 is 12.4 Å². The van der Waals surface area contributed by atoms with Crippen LogP contribution in [-0.2, 0) is 12.4 Å². The number of fused-ring (bicyclic) bond motifs is 6. The predicted octanol–water partition coefficient (Wildman–Crippen LogP) is 14.4. The molecule has 0 atom stereocenters. The average molecular weight is 750 g/mol. The van der Waals surface area contributed by atoms with Crippen LogP contribution in [-0.4, -0.2) is 9.13 Å². The highest BCUT2D eigenvalue weighted by Crippen LogP contribution is 2.46. The Morgan fingerprint density at radius 1 is 0.518 bits per heavy atom. The molecule has 3 nitrogen and oxygen atoms in total. The summed E-state index contributed by atoms with van der Waals surface area (Å²) in [5.74, 6) is 0. The van der Waals surface area contributed by atoms with E-state index in [4.69, 9.17) is 6.57 Å². The van der Waals surface area contributed by atoms with Crippen molar-refractivity contribution in [1.82, 2.24) is 9.13 Å². The summed E-state index contributed by atoms with van der Waals surface area (Å²) in [4.78, 5) is 3.89. The molecule has 0 aliphatic rings. The van der Waals surface area contributed by atoms with Crippen LogP contribution in [0.25, 0.3) is 82.1 Å². The number of benzene rings is 7. The molecule has 0 unspecified atom stereocenters. The second kappa shape index (κ2) is 12.6. The van der Waals surface area contributed by atoms with Crippen LogP contribution in [0.2, 0.25) is 0 Å². The van der Waals surface area contributed by atoms with Crippen molar-refractivity contribution in [3.63, 3.8) is 0 Å². The molecule has 0 fully saturated rings. The molecule has 0 aliphatic carbocycles. The van der Waals surface area contributed by atoms with Gasteiger partial charge in [0.1, 0.15) is 0 Å². The SMILES string of the molecule is [C-]#[N+]c1ccc(-n2c3ccccc3c3cc(C(F)(F)F)ccc32)cc1-c1cc(-c2c(C)cccc2C(F)(F)F)ccc1-n1c2ccccc2c2cc(C)ccc21. The maximum atomic E-state index is 14.6. The largest absolute Gasteiger partial charge is 0.417 e. The summed E-state index contributed by atoms with van der Waals surface area (Å²) in [5, 5.41) is 3.01. The maximum absolute atomic E-state index is 14.6. The van der Waals surface area contributed by atoms with E-state index in [0.29, 0.717) is 55.4 Å². The molecule has 7 aromatic carbocycles. The highest BCUT2D eigenvalue weighted by atomic mass is 19.4. The highest BCUT2D eigenvalue weighted by molar-refractivity contribution is 6.11. The monoisotopic (exact) mass is 749 g/mol. The highest BCUT2D eigenvalue weighted by Gasteiger charge is 2.35. The first-order chi connectivity index (χ1) is 26.8. The standard InChI is InChI=1S/C47H29F6N3/c1-27-15-20-43-35(23-27)32-10-5-7-14-41(32)56(43)44-21-16-29(45-28(2)9-8-12-38(45)47(51,52)53)24-36(44)34-26-31(18-19-39(34)54-3)55-40-13-6-4-11-33(40)37-25-30(46(48,49)50)17-22-42(37)55/h4-26H,1-2H3. The minimum Gasteiger partial charge on any atom is -0.309 e. The molecule has 2 heterocycles. The summed E-state index contributed by atoms with van der Waals surface area (Å²) in [7, 11) is 0. The molecule has 274 valence electrons. The van der Waals surface area contributed by atoms with Crippen LogP contribution in [0.15, 0.2) is 140 Å². The third kappa shape index (κ3) is 5.51. The number of para-hydroxylation sites is 2. The van der Waals surface area contributed by atoms with Gasteiger partial charge in [-0.05, 0) is 114 Å². The van der Waals surface area contributed by atoms with E-state index in [2.05, 4.69) is 15.5 Å². The van der Waals surface area contributed by atoms with Crippen LogP contribution in [0.4, 0.5) is 32.0 Å². The number of halogens is 6. The van der Waals surface area contributed by atoms with Gasteiger partial charge in [0.05, 0.1) is 45.5 Å². The van der Waals surface area contributed by atoms with Crippen molar-refractivity contribution in [1.29, 1.82) is 0 Å². The molecule has 0 saturated carbocycles. The Hall–Kier alpha value is -6.79. The summed E-state index contributed by atoms with van der Waals surface area (Å²) in [5.41, 5.74) is 5.68. The summed E-state index contributed by atoms with van der Waals surface area (Å²) in [6.07, 6.45) is -9.17. The summed E-state index contributed by atoms with van der Waals surface area (Å²) >= 11 is 0. The van der Waals surface area contributed by atoms with Gasteiger partial charge in [0.2, 0.25) is 0 Å². The minimum absolute atomic E-state index is 0.0361. The van der Waals surface area contributed by atoms with Crippen molar-refractivity contribution >= 4 is 49.3 Å². The molecule has 56 heavy (non-hydrogen) atoms. The Labute approximate surface area is 317 Å². The minimum atomic E-state index is -4.63. The zero-order valence-corrected chi connectivity index (χ0v) is 29.9. The van der Waals surface area contributed by atoms with Crippen molar-refractivity contribution in [2.75, 3.05) is 0 Å². The van der Waals surface area contributed by atoms with E-state index >= 15 is 0 Å². The molecule has 0 saturated heterocycles. The first kappa shape index (κ1) is 34.9. The first-order valence-electron chi connectivity index (χ1n) is 17.8. The fourth-order valence-corrected chi connectivity index (χ4v) is 8.14. The van der Waals surface area contributed by atoms with Crippen molar-refractivity contribution in [2.24, 2.45) is 0 Å². The van der Waals surface area contributed by atoms with E-state index in [9.17, 15) is 26.3 Å². The first-order valence-corrected chi connectivity index (χ1v) is 17.8. The summed E-state index contributed by atoms with van der Waals surface area (Å²) in [6.45, 7) is 11.9. The predicted molar refractivity (Wildman–Crippen MR) is 212 cm³/mol. The smallest absolute Gasteiger partial charge is 0.309 e. The number of aryl methyl sites for hydroxylation is 2. The lowest BCUT2D eigenvalue weighted by Gasteiger charge is -2.20. The molecule has 9 aromatic rings. The Balaban J connectivity index is 1.38. The Morgan fingerprint density at radius 2 is 1.16 bits per heavy atom. The lowest BCUT2D eigenvalue weighted by molar-refractivity contribution is -0.138. The van der Waals surface area contributed by atoms with Crippen LogP contribution >= 0.6 is 0 Å². The van der Waals surface area contributed by atoms with E-state index in [1.165, 1.54) is 12.1 Å². The molecule has 0 aliphatic heterocycles. The zero-order chi connectivity index (χ0) is 39.1. The van der Waals surface area contributed by atoms with Gasteiger partial charge in [0.15, 0.2) is 5.69 Å². The average Bonchev–Trinajstić information content (AvgIpc) is 3.69. The van der Waals surface area contributed by atoms with E-state index in [0.717, 1.165) is 45.6 Å². The zero-order valence-electron chi connectivity index (χ0n) is 29.9. The van der Waals surface area contributed by atoms with Gasteiger partial charge in [0.25, 0.3) is 0 Å². The number of hydrogen-bond acceptors (Lipinski definition) is 0. The topological polar surface area (TPSA) is 14.2 Å². The third-order valence-corrected chi connectivity index (χ3v) is 10.6. The summed E-state index contributed by atoms with van der Waals surface area (Å²) in [6, 6.07) is 39.4. The Bertz CT molecular complexity index is 3100. The second-order valence-electron chi connectivity index (χ2n) is 14.0. The van der Waals surface area contributed by atoms with Crippen LogP contribution in [0, 0.1) is 20.4 Å². The number of alkyl halides is 6. The van der Waals surface area contributed by atoms with Crippen molar-refractivity contribution in [3.8, 4) is 33.6 Å². The molecule has 2 aromatic heterocycles.